The standard InChI is InChI=1S/C20H22Cl2N2OS/c1-20(2,3)13-4-7-15(8-5-13)23-19(25)24-10-11-26-18(24)16-9-6-14(21)12-17(16)22/h4-9,12,18H,10-11H2,1-3H3,(H,23,25). The molecule has 138 valence electrons. The molecule has 2 amide bonds. The van der Waals surface area contributed by atoms with Crippen LogP contribution in [-0.4, -0.2) is 23.2 Å². The van der Waals surface area contributed by atoms with Crippen molar-refractivity contribution in [3.05, 3.63) is 63.6 Å². The lowest BCUT2D eigenvalue weighted by Crippen LogP contribution is -2.34. The van der Waals surface area contributed by atoms with Crippen LogP contribution >= 0.6 is 35.0 Å². The van der Waals surface area contributed by atoms with E-state index in [1.807, 2.05) is 29.2 Å². The molecule has 0 radical (unpaired) electrons. The number of benzene rings is 2. The number of hydrogen-bond acceptors (Lipinski definition) is 2. The van der Waals surface area contributed by atoms with E-state index in [1.54, 1.807) is 17.8 Å². The molecule has 1 aliphatic rings. The number of rotatable bonds is 2. The number of urea groups is 1. The summed E-state index contributed by atoms with van der Waals surface area (Å²) in [5.74, 6) is 0.875. The summed E-state index contributed by atoms with van der Waals surface area (Å²) in [6, 6.07) is 13.3. The zero-order valence-corrected chi connectivity index (χ0v) is 17.4. The Balaban J connectivity index is 1.74. The van der Waals surface area contributed by atoms with Crippen molar-refractivity contribution in [1.82, 2.24) is 4.90 Å². The summed E-state index contributed by atoms with van der Waals surface area (Å²) in [5, 5.41) is 4.08. The zero-order chi connectivity index (χ0) is 18.9. The quantitative estimate of drug-likeness (QED) is 0.608. The number of thioether (sulfide) groups is 1. The molecule has 0 aromatic heterocycles. The molecule has 0 saturated carbocycles. The smallest absolute Gasteiger partial charge is 0.308 e. The Morgan fingerprint density at radius 1 is 1.15 bits per heavy atom. The van der Waals surface area contributed by atoms with Gasteiger partial charge in [-0.15, -0.1) is 11.8 Å². The van der Waals surface area contributed by atoms with Crippen molar-refractivity contribution < 1.29 is 4.79 Å². The number of anilines is 1. The fourth-order valence-electron chi connectivity index (χ4n) is 2.89. The van der Waals surface area contributed by atoms with E-state index in [0.717, 1.165) is 17.0 Å². The van der Waals surface area contributed by atoms with Crippen molar-refractivity contribution in [2.75, 3.05) is 17.6 Å². The minimum absolute atomic E-state index is 0.0879. The van der Waals surface area contributed by atoms with Gasteiger partial charge in [0, 0.05) is 33.6 Å². The molecule has 1 N–H and O–H groups in total. The minimum atomic E-state index is -0.116. The van der Waals surface area contributed by atoms with Gasteiger partial charge >= 0.3 is 6.03 Å². The lowest BCUT2D eigenvalue weighted by Gasteiger charge is -2.25. The monoisotopic (exact) mass is 408 g/mol. The van der Waals surface area contributed by atoms with Gasteiger partial charge in [-0.2, -0.15) is 0 Å². The zero-order valence-electron chi connectivity index (χ0n) is 15.1. The highest BCUT2D eigenvalue weighted by molar-refractivity contribution is 7.99. The second kappa shape index (κ2) is 7.71. The normalized spacial score (nSPS) is 17.4. The van der Waals surface area contributed by atoms with Gasteiger partial charge in [0.2, 0.25) is 0 Å². The molecular formula is C20H22Cl2N2OS. The third-order valence-electron chi connectivity index (χ3n) is 4.38. The Labute approximate surface area is 169 Å². The van der Waals surface area contributed by atoms with Gasteiger partial charge in [-0.1, -0.05) is 62.2 Å². The molecule has 0 spiro atoms. The van der Waals surface area contributed by atoms with Crippen LogP contribution in [-0.2, 0) is 5.41 Å². The average molecular weight is 409 g/mol. The third kappa shape index (κ3) is 4.30. The molecule has 2 aromatic carbocycles. The van der Waals surface area contributed by atoms with Gasteiger partial charge in [-0.25, -0.2) is 4.79 Å². The number of carbonyl (C=O) groups is 1. The van der Waals surface area contributed by atoms with E-state index < -0.39 is 0 Å². The first-order valence-corrected chi connectivity index (χ1v) is 10.3. The number of amides is 2. The summed E-state index contributed by atoms with van der Waals surface area (Å²) in [7, 11) is 0. The summed E-state index contributed by atoms with van der Waals surface area (Å²) in [6.07, 6.45) is 0. The Morgan fingerprint density at radius 3 is 2.46 bits per heavy atom. The van der Waals surface area contributed by atoms with Crippen molar-refractivity contribution in [1.29, 1.82) is 0 Å². The van der Waals surface area contributed by atoms with Crippen LogP contribution in [0.3, 0.4) is 0 Å². The van der Waals surface area contributed by atoms with Crippen molar-refractivity contribution >= 4 is 46.7 Å². The fourth-order valence-corrected chi connectivity index (χ4v) is 4.75. The van der Waals surface area contributed by atoms with E-state index in [4.69, 9.17) is 23.2 Å². The van der Waals surface area contributed by atoms with Crippen LogP contribution in [0.25, 0.3) is 0 Å². The molecule has 1 aliphatic heterocycles. The van der Waals surface area contributed by atoms with Crippen LogP contribution < -0.4 is 5.32 Å². The molecule has 1 heterocycles. The molecule has 1 fully saturated rings. The van der Waals surface area contributed by atoms with Gasteiger partial charge in [0.25, 0.3) is 0 Å². The number of nitrogens with zero attached hydrogens (tertiary/aromatic N) is 1. The predicted molar refractivity (Wildman–Crippen MR) is 113 cm³/mol. The molecule has 2 aromatic rings. The van der Waals surface area contributed by atoms with Crippen molar-refractivity contribution in [2.45, 2.75) is 31.6 Å². The minimum Gasteiger partial charge on any atom is -0.308 e. The first kappa shape index (κ1) is 19.4. The molecule has 1 atom stereocenters. The molecule has 1 saturated heterocycles. The summed E-state index contributed by atoms with van der Waals surface area (Å²) in [6.45, 7) is 7.19. The molecule has 1 unspecified atom stereocenters. The number of nitrogens with one attached hydrogen (secondary N) is 1. The second-order valence-corrected chi connectivity index (χ2v) is 9.37. The molecule has 3 nitrogen and oxygen atoms in total. The van der Waals surface area contributed by atoms with Gasteiger partial charge in [-0.3, -0.25) is 0 Å². The Bertz CT molecular complexity index is 802. The Kier molecular flexibility index (Phi) is 5.75. The average Bonchev–Trinajstić information content (AvgIpc) is 3.04. The number of hydrogen-bond donors (Lipinski definition) is 1. The topological polar surface area (TPSA) is 32.3 Å². The number of halogens is 2. The SMILES string of the molecule is CC(C)(C)c1ccc(NC(=O)N2CCSC2c2ccc(Cl)cc2Cl)cc1. The van der Waals surface area contributed by atoms with Gasteiger partial charge in [0.1, 0.15) is 5.37 Å². The molecule has 0 aliphatic carbocycles. The highest BCUT2D eigenvalue weighted by atomic mass is 35.5. The lowest BCUT2D eigenvalue weighted by atomic mass is 9.87. The number of carbonyl (C=O) groups excluding carboxylic acids is 1. The van der Waals surface area contributed by atoms with E-state index in [2.05, 4.69) is 38.2 Å². The third-order valence-corrected chi connectivity index (χ3v) is 6.19. The molecular weight excluding hydrogens is 387 g/mol. The maximum Gasteiger partial charge on any atom is 0.323 e. The van der Waals surface area contributed by atoms with E-state index in [9.17, 15) is 4.79 Å². The van der Waals surface area contributed by atoms with Gasteiger partial charge < -0.3 is 10.2 Å². The van der Waals surface area contributed by atoms with Crippen molar-refractivity contribution in [3.63, 3.8) is 0 Å². The lowest BCUT2D eigenvalue weighted by molar-refractivity contribution is 0.214. The first-order chi connectivity index (χ1) is 12.3. The largest absolute Gasteiger partial charge is 0.323 e. The molecule has 6 heteroatoms. The highest BCUT2D eigenvalue weighted by Gasteiger charge is 2.32. The van der Waals surface area contributed by atoms with Crippen LogP contribution in [0.15, 0.2) is 42.5 Å². The van der Waals surface area contributed by atoms with E-state index in [1.165, 1.54) is 5.56 Å². The van der Waals surface area contributed by atoms with E-state index in [-0.39, 0.29) is 16.8 Å². The summed E-state index contributed by atoms with van der Waals surface area (Å²) >= 11 is 14.0. The van der Waals surface area contributed by atoms with E-state index in [0.29, 0.717) is 16.6 Å². The Hall–Kier alpha value is -1.36. The van der Waals surface area contributed by atoms with Gasteiger partial charge in [0.05, 0.1) is 0 Å². The van der Waals surface area contributed by atoms with Crippen LogP contribution in [0.2, 0.25) is 10.0 Å². The van der Waals surface area contributed by atoms with Crippen LogP contribution in [0.5, 0.6) is 0 Å². The molecule has 0 bridgehead atoms. The highest BCUT2D eigenvalue weighted by Crippen LogP contribution is 2.41. The molecule has 3 rings (SSSR count). The fraction of sp³-hybridized carbons (Fsp3) is 0.350. The maximum absolute atomic E-state index is 12.8. The van der Waals surface area contributed by atoms with Crippen LogP contribution in [0.4, 0.5) is 10.5 Å². The van der Waals surface area contributed by atoms with Gasteiger partial charge in [-0.05, 0) is 35.2 Å². The Morgan fingerprint density at radius 2 is 1.85 bits per heavy atom. The summed E-state index contributed by atoms with van der Waals surface area (Å²) < 4.78 is 0. The van der Waals surface area contributed by atoms with Crippen molar-refractivity contribution in [3.8, 4) is 0 Å². The van der Waals surface area contributed by atoms with Crippen LogP contribution in [0.1, 0.15) is 37.3 Å². The van der Waals surface area contributed by atoms with Crippen molar-refractivity contribution in [2.24, 2.45) is 0 Å². The van der Waals surface area contributed by atoms with Crippen LogP contribution in [0, 0.1) is 0 Å². The second-order valence-electron chi connectivity index (χ2n) is 7.34. The summed E-state index contributed by atoms with van der Waals surface area (Å²) in [5.41, 5.74) is 3.03. The molecule has 26 heavy (non-hydrogen) atoms. The predicted octanol–water partition coefficient (Wildman–Crippen LogP) is 6.57. The van der Waals surface area contributed by atoms with Gasteiger partial charge in [0.15, 0.2) is 0 Å². The van der Waals surface area contributed by atoms with E-state index >= 15 is 0 Å². The summed E-state index contributed by atoms with van der Waals surface area (Å²) in [4.78, 5) is 14.6. The maximum atomic E-state index is 12.8. The first-order valence-electron chi connectivity index (χ1n) is 8.50.